The average molecular weight is 415 g/mol. The van der Waals surface area contributed by atoms with Crippen LogP contribution in [-0.2, 0) is 11.2 Å². The molecule has 2 aliphatic rings. The van der Waals surface area contributed by atoms with Crippen molar-refractivity contribution in [3.63, 3.8) is 0 Å². The van der Waals surface area contributed by atoms with Gasteiger partial charge in [-0.2, -0.15) is 4.98 Å². The molecule has 0 unspecified atom stereocenters. The number of nitrogens with zero attached hydrogens (tertiary/aromatic N) is 5. The van der Waals surface area contributed by atoms with Crippen molar-refractivity contribution in [2.75, 3.05) is 39.3 Å². The van der Waals surface area contributed by atoms with Crippen LogP contribution in [0.5, 0.6) is 0 Å². The van der Waals surface area contributed by atoms with Crippen molar-refractivity contribution in [1.29, 1.82) is 0 Å². The van der Waals surface area contributed by atoms with Gasteiger partial charge >= 0.3 is 6.03 Å². The number of rotatable bonds is 4. The fourth-order valence-electron chi connectivity index (χ4n) is 3.88. The molecule has 0 N–H and O–H groups in total. The molecule has 0 saturated carbocycles. The smallest absolute Gasteiger partial charge is 0.320 e. The van der Waals surface area contributed by atoms with Crippen molar-refractivity contribution in [2.24, 2.45) is 0 Å². The van der Waals surface area contributed by atoms with Gasteiger partial charge in [0.1, 0.15) is 5.82 Å². The first-order valence-electron chi connectivity index (χ1n) is 10.5. The van der Waals surface area contributed by atoms with Crippen molar-refractivity contribution in [2.45, 2.75) is 32.1 Å². The van der Waals surface area contributed by atoms with Crippen molar-refractivity contribution in [1.82, 2.24) is 24.8 Å². The number of carbonyl (C=O) groups excluding carboxylic acids is 2. The van der Waals surface area contributed by atoms with E-state index < -0.39 is 0 Å². The molecule has 2 saturated heterocycles. The van der Waals surface area contributed by atoms with E-state index in [1.807, 2.05) is 9.80 Å². The summed E-state index contributed by atoms with van der Waals surface area (Å²) in [6.07, 6.45) is 3.95. The van der Waals surface area contributed by atoms with Crippen LogP contribution < -0.4 is 0 Å². The predicted octanol–water partition coefficient (Wildman–Crippen LogP) is 2.56. The third kappa shape index (κ3) is 4.77. The lowest BCUT2D eigenvalue weighted by Crippen LogP contribution is -2.54. The standard InChI is InChI=1S/C21H26FN5O3/c22-17-6-4-16(5-7-17)20-23-18(30-24-20)8-9-19(28)25-12-14-27(15-13-25)21(29)26-10-2-1-3-11-26/h4-7H,1-3,8-15H2. The minimum absolute atomic E-state index is 0.0154. The second-order valence-corrected chi connectivity index (χ2v) is 7.72. The maximum absolute atomic E-state index is 13.0. The van der Waals surface area contributed by atoms with Crippen molar-refractivity contribution in [3.05, 3.63) is 36.0 Å². The van der Waals surface area contributed by atoms with Gasteiger partial charge in [-0.25, -0.2) is 9.18 Å². The SMILES string of the molecule is O=C(CCc1nc(-c2ccc(F)cc2)no1)N1CCN(C(=O)N2CCCCC2)CC1. The van der Waals surface area contributed by atoms with E-state index in [0.29, 0.717) is 49.9 Å². The van der Waals surface area contributed by atoms with Gasteiger partial charge in [0, 0.05) is 57.7 Å². The number of likely N-dealkylation sites (tertiary alicyclic amines) is 1. The van der Waals surface area contributed by atoms with Crippen molar-refractivity contribution < 1.29 is 18.5 Å². The number of piperidine rings is 1. The molecule has 2 aromatic rings. The Labute approximate surface area is 174 Å². The monoisotopic (exact) mass is 415 g/mol. The molecule has 0 bridgehead atoms. The fourth-order valence-corrected chi connectivity index (χ4v) is 3.88. The number of benzene rings is 1. The Morgan fingerprint density at radius 1 is 0.900 bits per heavy atom. The van der Waals surface area contributed by atoms with E-state index in [0.717, 1.165) is 25.9 Å². The molecule has 3 amide bonds. The Hall–Kier alpha value is -2.97. The lowest BCUT2D eigenvalue weighted by atomic mass is 10.1. The summed E-state index contributed by atoms with van der Waals surface area (Å²) in [4.78, 5) is 35.0. The lowest BCUT2D eigenvalue weighted by molar-refractivity contribution is -0.132. The quantitative estimate of drug-likeness (QED) is 0.767. The Morgan fingerprint density at radius 3 is 2.23 bits per heavy atom. The molecular formula is C21H26FN5O3. The summed E-state index contributed by atoms with van der Waals surface area (Å²) in [6.45, 7) is 3.89. The lowest BCUT2D eigenvalue weighted by Gasteiger charge is -2.38. The summed E-state index contributed by atoms with van der Waals surface area (Å²) >= 11 is 0. The molecule has 2 fully saturated rings. The Morgan fingerprint density at radius 2 is 1.53 bits per heavy atom. The topological polar surface area (TPSA) is 82.8 Å². The summed E-state index contributed by atoms with van der Waals surface area (Å²) in [6, 6.07) is 5.94. The van der Waals surface area contributed by atoms with E-state index in [-0.39, 0.29) is 24.2 Å². The molecule has 1 aromatic carbocycles. The normalized spacial score (nSPS) is 17.3. The average Bonchev–Trinajstić information content (AvgIpc) is 3.27. The molecule has 8 nitrogen and oxygen atoms in total. The van der Waals surface area contributed by atoms with Crippen molar-refractivity contribution >= 4 is 11.9 Å². The third-order valence-electron chi connectivity index (χ3n) is 5.65. The molecule has 30 heavy (non-hydrogen) atoms. The number of aromatic nitrogens is 2. The first kappa shape index (κ1) is 20.3. The summed E-state index contributed by atoms with van der Waals surface area (Å²) in [5, 5.41) is 3.90. The summed E-state index contributed by atoms with van der Waals surface area (Å²) in [5.74, 6) is 0.441. The molecule has 0 atom stereocenters. The van der Waals surface area contributed by atoms with E-state index in [4.69, 9.17) is 4.52 Å². The minimum Gasteiger partial charge on any atom is -0.339 e. The molecule has 9 heteroatoms. The van der Waals surface area contributed by atoms with Gasteiger partial charge in [0.25, 0.3) is 0 Å². The van der Waals surface area contributed by atoms with Gasteiger partial charge in [-0.15, -0.1) is 0 Å². The zero-order valence-corrected chi connectivity index (χ0v) is 16.9. The minimum atomic E-state index is -0.328. The van der Waals surface area contributed by atoms with Gasteiger partial charge in [0.2, 0.25) is 17.6 Å². The van der Waals surface area contributed by atoms with Gasteiger partial charge in [0.05, 0.1) is 0 Å². The number of urea groups is 1. The molecule has 3 heterocycles. The second kappa shape index (κ2) is 9.23. The third-order valence-corrected chi connectivity index (χ3v) is 5.65. The maximum atomic E-state index is 13.0. The number of hydrogen-bond acceptors (Lipinski definition) is 5. The van der Waals surface area contributed by atoms with Crippen LogP contribution in [0.15, 0.2) is 28.8 Å². The van der Waals surface area contributed by atoms with Crippen LogP contribution in [0.3, 0.4) is 0 Å². The molecule has 0 radical (unpaired) electrons. The summed E-state index contributed by atoms with van der Waals surface area (Å²) < 4.78 is 18.2. The number of halogens is 1. The summed E-state index contributed by atoms with van der Waals surface area (Å²) in [5.41, 5.74) is 0.659. The first-order chi connectivity index (χ1) is 14.6. The van der Waals surface area contributed by atoms with Crippen LogP contribution in [-0.4, -0.2) is 76.0 Å². The van der Waals surface area contributed by atoms with E-state index in [1.165, 1.54) is 18.6 Å². The molecule has 2 aliphatic heterocycles. The number of carbonyl (C=O) groups is 2. The van der Waals surface area contributed by atoms with Gasteiger partial charge in [-0.3, -0.25) is 4.79 Å². The van der Waals surface area contributed by atoms with E-state index in [1.54, 1.807) is 17.0 Å². The van der Waals surface area contributed by atoms with E-state index in [9.17, 15) is 14.0 Å². The highest BCUT2D eigenvalue weighted by Gasteiger charge is 2.27. The molecule has 160 valence electrons. The molecule has 0 spiro atoms. The molecule has 4 rings (SSSR count). The fraction of sp³-hybridized carbons (Fsp3) is 0.524. The second-order valence-electron chi connectivity index (χ2n) is 7.72. The molecular weight excluding hydrogens is 389 g/mol. The highest BCUT2D eigenvalue weighted by molar-refractivity contribution is 5.78. The Bertz CT molecular complexity index is 871. The van der Waals surface area contributed by atoms with Crippen LogP contribution in [0.25, 0.3) is 11.4 Å². The van der Waals surface area contributed by atoms with E-state index in [2.05, 4.69) is 10.1 Å². The van der Waals surface area contributed by atoms with Gasteiger partial charge in [-0.05, 0) is 43.5 Å². The zero-order chi connectivity index (χ0) is 20.9. The number of aryl methyl sites for hydroxylation is 1. The number of hydrogen-bond donors (Lipinski definition) is 0. The first-order valence-corrected chi connectivity index (χ1v) is 10.5. The highest BCUT2D eigenvalue weighted by atomic mass is 19.1. The highest BCUT2D eigenvalue weighted by Crippen LogP contribution is 2.17. The van der Waals surface area contributed by atoms with Gasteiger partial charge < -0.3 is 19.2 Å². The zero-order valence-electron chi connectivity index (χ0n) is 16.9. The van der Waals surface area contributed by atoms with Crippen LogP contribution in [0, 0.1) is 5.82 Å². The maximum Gasteiger partial charge on any atom is 0.320 e. The van der Waals surface area contributed by atoms with Crippen LogP contribution in [0.4, 0.5) is 9.18 Å². The number of piperazine rings is 1. The van der Waals surface area contributed by atoms with Crippen LogP contribution in [0.1, 0.15) is 31.6 Å². The van der Waals surface area contributed by atoms with Crippen LogP contribution >= 0.6 is 0 Å². The number of amides is 3. The Kier molecular flexibility index (Phi) is 6.25. The van der Waals surface area contributed by atoms with E-state index >= 15 is 0 Å². The predicted molar refractivity (Wildman–Crippen MR) is 107 cm³/mol. The van der Waals surface area contributed by atoms with Gasteiger partial charge in [0.15, 0.2) is 0 Å². The van der Waals surface area contributed by atoms with Crippen molar-refractivity contribution in [3.8, 4) is 11.4 Å². The molecule has 0 aliphatic carbocycles. The largest absolute Gasteiger partial charge is 0.339 e. The van der Waals surface area contributed by atoms with Crippen LogP contribution in [0.2, 0.25) is 0 Å². The Balaban J connectivity index is 1.23. The molecule has 1 aromatic heterocycles. The van der Waals surface area contributed by atoms with Gasteiger partial charge in [-0.1, -0.05) is 5.16 Å². The summed E-state index contributed by atoms with van der Waals surface area (Å²) in [7, 11) is 0.